The van der Waals surface area contributed by atoms with E-state index in [2.05, 4.69) is 15.2 Å². The monoisotopic (exact) mass is 259 g/mol. The topological polar surface area (TPSA) is 73.2 Å². The highest BCUT2D eigenvalue weighted by Crippen LogP contribution is 2.12. The van der Waals surface area contributed by atoms with Crippen molar-refractivity contribution in [3.8, 4) is 5.69 Å². The third-order valence-corrected chi connectivity index (χ3v) is 2.35. The maximum atomic E-state index is 11.4. The van der Waals surface area contributed by atoms with Gasteiger partial charge in [-0.15, -0.1) is 0 Å². The van der Waals surface area contributed by atoms with Crippen LogP contribution in [0.3, 0.4) is 0 Å². The summed E-state index contributed by atoms with van der Waals surface area (Å²) in [6.07, 6.45) is 3.49. The lowest BCUT2D eigenvalue weighted by atomic mass is 10.3. The van der Waals surface area contributed by atoms with Crippen molar-refractivity contribution in [1.29, 1.82) is 0 Å². The Morgan fingerprint density at radius 2 is 2.05 bits per heavy atom. The molecule has 0 spiro atoms. The summed E-state index contributed by atoms with van der Waals surface area (Å²) in [5.74, 6) is -1.67. The number of rotatable bonds is 3. The molecule has 98 valence electrons. The summed E-state index contributed by atoms with van der Waals surface area (Å²) < 4.78 is 6.28. The van der Waals surface area contributed by atoms with Gasteiger partial charge in [-0.05, 0) is 37.3 Å². The van der Waals surface area contributed by atoms with Gasteiger partial charge in [-0.25, -0.2) is 9.48 Å². The Labute approximate surface area is 110 Å². The molecule has 0 aliphatic carbocycles. The van der Waals surface area contributed by atoms with Crippen LogP contribution in [0.2, 0.25) is 0 Å². The van der Waals surface area contributed by atoms with Crippen LogP contribution in [0.4, 0.5) is 5.69 Å². The number of anilines is 1. The molecule has 6 heteroatoms. The predicted molar refractivity (Wildman–Crippen MR) is 68.8 cm³/mol. The molecule has 1 aromatic carbocycles. The molecule has 0 fully saturated rings. The van der Waals surface area contributed by atoms with Crippen LogP contribution >= 0.6 is 0 Å². The smallest absolute Gasteiger partial charge is 0.397 e. The number of esters is 1. The van der Waals surface area contributed by atoms with Crippen molar-refractivity contribution >= 4 is 17.6 Å². The number of benzene rings is 1. The van der Waals surface area contributed by atoms with Crippen LogP contribution in [0, 0.1) is 0 Å². The number of hydrogen-bond acceptors (Lipinski definition) is 4. The van der Waals surface area contributed by atoms with Crippen molar-refractivity contribution in [2.45, 2.75) is 6.92 Å². The molecule has 1 amide bonds. The molecule has 6 nitrogen and oxygen atoms in total. The van der Waals surface area contributed by atoms with E-state index in [1.54, 1.807) is 42.1 Å². The average molecular weight is 259 g/mol. The third kappa shape index (κ3) is 3.19. The molecule has 0 aliphatic heterocycles. The van der Waals surface area contributed by atoms with E-state index in [4.69, 9.17) is 0 Å². The quantitative estimate of drug-likeness (QED) is 0.667. The lowest BCUT2D eigenvalue weighted by molar-refractivity contribution is -0.152. The minimum Gasteiger partial charge on any atom is -0.459 e. The molecule has 0 radical (unpaired) electrons. The van der Waals surface area contributed by atoms with Crippen LogP contribution < -0.4 is 5.32 Å². The molecule has 2 aromatic rings. The fraction of sp³-hybridized carbons (Fsp3) is 0.154. The second-order valence-electron chi connectivity index (χ2n) is 3.67. The van der Waals surface area contributed by atoms with Crippen molar-refractivity contribution in [1.82, 2.24) is 9.78 Å². The molecule has 0 aliphatic rings. The molecule has 0 bridgehead atoms. The number of hydrogen-bond donors (Lipinski definition) is 1. The summed E-state index contributed by atoms with van der Waals surface area (Å²) in [6, 6.07) is 8.76. The standard InChI is InChI=1S/C13H13N3O3/c1-2-19-13(18)12(17)15-10-4-6-11(7-5-10)16-9-3-8-14-16/h3-9H,2H2,1H3,(H,15,17). The minimum absolute atomic E-state index is 0.171. The van der Waals surface area contributed by atoms with Gasteiger partial charge in [-0.2, -0.15) is 5.10 Å². The van der Waals surface area contributed by atoms with Crippen LogP contribution in [0.25, 0.3) is 5.69 Å². The van der Waals surface area contributed by atoms with Gasteiger partial charge in [0.25, 0.3) is 0 Å². The number of carbonyl (C=O) groups is 2. The molecule has 19 heavy (non-hydrogen) atoms. The molecule has 1 heterocycles. The Bertz CT molecular complexity index is 561. The average Bonchev–Trinajstić information content (AvgIpc) is 2.94. The SMILES string of the molecule is CCOC(=O)C(=O)Nc1ccc(-n2cccn2)cc1. The third-order valence-electron chi connectivity index (χ3n) is 2.35. The first-order chi connectivity index (χ1) is 9.20. The van der Waals surface area contributed by atoms with E-state index < -0.39 is 11.9 Å². The highest BCUT2D eigenvalue weighted by Gasteiger charge is 2.14. The second-order valence-corrected chi connectivity index (χ2v) is 3.67. The number of carbonyl (C=O) groups excluding carboxylic acids is 2. The van der Waals surface area contributed by atoms with Crippen molar-refractivity contribution in [3.63, 3.8) is 0 Å². The molecule has 0 saturated heterocycles. The van der Waals surface area contributed by atoms with Crippen LogP contribution in [-0.4, -0.2) is 28.3 Å². The maximum Gasteiger partial charge on any atom is 0.397 e. The van der Waals surface area contributed by atoms with E-state index in [-0.39, 0.29) is 6.61 Å². The number of amides is 1. The Kier molecular flexibility index (Phi) is 3.92. The summed E-state index contributed by atoms with van der Waals surface area (Å²) in [6.45, 7) is 1.81. The van der Waals surface area contributed by atoms with E-state index in [9.17, 15) is 9.59 Å². The summed E-state index contributed by atoms with van der Waals surface area (Å²) in [5, 5.41) is 6.54. The van der Waals surface area contributed by atoms with Crippen LogP contribution in [0.1, 0.15) is 6.92 Å². The molecule has 0 atom stereocenters. The van der Waals surface area contributed by atoms with Crippen molar-refractivity contribution < 1.29 is 14.3 Å². The summed E-state index contributed by atoms with van der Waals surface area (Å²) in [5.41, 5.74) is 1.38. The fourth-order valence-corrected chi connectivity index (χ4v) is 1.50. The van der Waals surface area contributed by atoms with Gasteiger partial charge in [0.1, 0.15) is 0 Å². The zero-order valence-corrected chi connectivity index (χ0v) is 10.4. The Hall–Kier alpha value is -2.63. The van der Waals surface area contributed by atoms with E-state index in [1.165, 1.54) is 0 Å². The Morgan fingerprint density at radius 1 is 1.32 bits per heavy atom. The normalized spacial score (nSPS) is 9.95. The highest BCUT2D eigenvalue weighted by atomic mass is 16.5. The van der Waals surface area contributed by atoms with Gasteiger partial charge in [0.05, 0.1) is 12.3 Å². The number of ether oxygens (including phenoxy) is 1. The molecule has 2 rings (SSSR count). The van der Waals surface area contributed by atoms with Gasteiger partial charge in [0, 0.05) is 18.1 Å². The van der Waals surface area contributed by atoms with E-state index >= 15 is 0 Å². The number of nitrogens with zero attached hydrogens (tertiary/aromatic N) is 2. The van der Waals surface area contributed by atoms with E-state index in [0.29, 0.717) is 5.69 Å². The van der Waals surface area contributed by atoms with Crippen molar-refractivity contribution in [2.75, 3.05) is 11.9 Å². The van der Waals surface area contributed by atoms with Crippen LogP contribution in [0.15, 0.2) is 42.7 Å². The lowest BCUT2D eigenvalue weighted by Gasteiger charge is -2.06. The number of aromatic nitrogens is 2. The van der Waals surface area contributed by atoms with Crippen LogP contribution in [0.5, 0.6) is 0 Å². The zero-order chi connectivity index (χ0) is 13.7. The molecule has 0 unspecified atom stereocenters. The van der Waals surface area contributed by atoms with E-state index in [0.717, 1.165) is 5.69 Å². The van der Waals surface area contributed by atoms with Gasteiger partial charge < -0.3 is 10.1 Å². The predicted octanol–water partition coefficient (Wildman–Crippen LogP) is 1.37. The second kappa shape index (κ2) is 5.81. The first-order valence-corrected chi connectivity index (χ1v) is 5.79. The summed E-state index contributed by atoms with van der Waals surface area (Å²) in [4.78, 5) is 22.6. The van der Waals surface area contributed by atoms with Gasteiger partial charge in [0.2, 0.25) is 0 Å². The first kappa shape index (κ1) is 12.8. The van der Waals surface area contributed by atoms with E-state index in [1.807, 2.05) is 12.3 Å². The first-order valence-electron chi connectivity index (χ1n) is 5.79. The van der Waals surface area contributed by atoms with Gasteiger partial charge >= 0.3 is 11.9 Å². The Balaban J connectivity index is 2.03. The molecule has 1 aromatic heterocycles. The fourth-order valence-electron chi connectivity index (χ4n) is 1.50. The van der Waals surface area contributed by atoms with Crippen molar-refractivity contribution in [3.05, 3.63) is 42.7 Å². The molecular formula is C13H13N3O3. The van der Waals surface area contributed by atoms with Crippen LogP contribution in [-0.2, 0) is 14.3 Å². The van der Waals surface area contributed by atoms with Gasteiger partial charge in [-0.3, -0.25) is 4.79 Å². The number of nitrogens with one attached hydrogen (secondary N) is 1. The Morgan fingerprint density at radius 3 is 2.63 bits per heavy atom. The van der Waals surface area contributed by atoms with Crippen molar-refractivity contribution in [2.24, 2.45) is 0 Å². The summed E-state index contributed by atoms with van der Waals surface area (Å²) >= 11 is 0. The molecular weight excluding hydrogens is 246 g/mol. The molecule has 0 saturated carbocycles. The summed E-state index contributed by atoms with van der Waals surface area (Å²) in [7, 11) is 0. The molecule has 1 N–H and O–H groups in total. The minimum atomic E-state index is -0.890. The highest BCUT2D eigenvalue weighted by molar-refractivity contribution is 6.37. The maximum absolute atomic E-state index is 11.4. The zero-order valence-electron chi connectivity index (χ0n) is 10.4. The van der Waals surface area contributed by atoms with Gasteiger partial charge in [-0.1, -0.05) is 0 Å². The largest absolute Gasteiger partial charge is 0.459 e. The lowest BCUT2D eigenvalue weighted by Crippen LogP contribution is -2.24. The van der Waals surface area contributed by atoms with Gasteiger partial charge in [0.15, 0.2) is 0 Å².